The Labute approximate surface area is 173 Å². The van der Waals surface area contributed by atoms with Crippen LogP contribution in [0.2, 0.25) is 0 Å². The summed E-state index contributed by atoms with van der Waals surface area (Å²) in [6.45, 7) is 3.64. The summed E-state index contributed by atoms with van der Waals surface area (Å²) >= 11 is 0. The molecule has 1 unspecified atom stereocenters. The monoisotopic (exact) mass is 420 g/mol. The number of nitriles is 1. The van der Waals surface area contributed by atoms with E-state index in [0.717, 1.165) is 17.7 Å². The first kappa shape index (κ1) is 23.1. The molecule has 0 aromatic heterocycles. The van der Waals surface area contributed by atoms with E-state index in [0.29, 0.717) is 18.6 Å². The zero-order valence-corrected chi connectivity index (χ0v) is 16.9. The highest BCUT2D eigenvalue weighted by Gasteiger charge is 2.34. The van der Waals surface area contributed by atoms with Crippen LogP contribution in [-0.4, -0.2) is 19.1 Å². The highest BCUT2D eigenvalue weighted by atomic mass is 19.4. The van der Waals surface area contributed by atoms with Gasteiger partial charge in [-0.25, -0.2) is 0 Å². The molecule has 0 heterocycles. The van der Waals surface area contributed by atoms with E-state index in [4.69, 9.17) is 14.7 Å². The maximum atomic E-state index is 13.2. The summed E-state index contributed by atoms with van der Waals surface area (Å²) in [4.78, 5) is 12.7. The van der Waals surface area contributed by atoms with Gasteiger partial charge < -0.3 is 14.8 Å². The fourth-order valence-electron chi connectivity index (χ4n) is 2.88. The first-order valence-corrected chi connectivity index (χ1v) is 9.42. The molecular formula is C22H23F3N2O3. The standard InChI is InChI=1S/C22H23F3N2O3/c1-4-5-20(21(28)27-14(2)15-6-9-17(29-3)10-7-15)30-18-11-8-16(13-26)19(12-18)22(23,24)25/h6-12,14,20H,4-5H2,1-3H3,(H,27,28)/t14-,20?/m1/s1. The first-order chi connectivity index (χ1) is 14.2. The smallest absolute Gasteiger partial charge is 0.417 e. The van der Waals surface area contributed by atoms with Gasteiger partial charge in [-0.2, -0.15) is 18.4 Å². The lowest BCUT2D eigenvalue weighted by molar-refractivity contribution is -0.137. The van der Waals surface area contributed by atoms with Gasteiger partial charge in [0.25, 0.3) is 5.91 Å². The van der Waals surface area contributed by atoms with Gasteiger partial charge in [0.1, 0.15) is 11.5 Å². The second-order valence-corrected chi connectivity index (χ2v) is 6.72. The number of benzene rings is 2. The fourth-order valence-corrected chi connectivity index (χ4v) is 2.88. The molecule has 2 aromatic rings. The topological polar surface area (TPSA) is 71.3 Å². The second kappa shape index (κ2) is 10.0. The zero-order chi connectivity index (χ0) is 22.3. The van der Waals surface area contributed by atoms with Crippen LogP contribution in [0.3, 0.4) is 0 Å². The molecule has 0 saturated carbocycles. The van der Waals surface area contributed by atoms with Gasteiger partial charge in [-0.15, -0.1) is 0 Å². The van der Waals surface area contributed by atoms with Crippen LogP contribution >= 0.6 is 0 Å². The van der Waals surface area contributed by atoms with E-state index in [1.807, 2.05) is 19.1 Å². The Morgan fingerprint density at radius 3 is 2.33 bits per heavy atom. The molecule has 0 bridgehead atoms. The molecule has 2 atom stereocenters. The Bertz CT molecular complexity index is 905. The summed E-state index contributed by atoms with van der Waals surface area (Å²) in [6, 6.07) is 11.4. The van der Waals surface area contributed by atoms with Crippen molar-refractivity contribution in [1.29, 1.82) is 5.26 Å². The molecule has 0 fully saturated rings. The van der Waals surface area contributed by atoms with Crippen LogP contribution in [0.5, 0.6) is 11.5 Å². The molecule has 0 aliphatic heterocycles. The molecule has 5 nitrogen and oxygen atoms in total. The number of hydrogen-bond acceptors (Lipinski definition) is 4. The van der Waals surface area contributed by atoms with E-state index in [1.54, 1.807) is 26.2 Å². The Hall–Kier alpha value is -3.21. The van der Waals surface area contributed by atoms with Gasteiger partial charge in [0.2, 0.25) is 0 Å². The summed E-state index contributed by atoms with van der Waals surface area (Å²) in [5, 5.41) is 11.7. The van der Waals surface area contributed by atoms with Crippen LogP contribution in [-0.2, 0) is 11.0 Å². The van der Waals surface area contributed by atoms with Crippen LogP contribution in [0.4, 0.5) is 13.2 Å². The lowest BCUT2D eigenvalue weighted by atomic mass is 10.1. The minimum Gasteiger partial charge on any atom is -0.497 e. The minimum absolute atomic E-state index is 0.118. The number of carbonyl (C=O) groups excluding carboxylic acids is 1. The Balaban J connectivity index is 2.16. The number of amides is 1. The molecule has 0 aliphatic carbocycles. The largest absolute Gasteiger partial charge is 0.497 e. The number of carbonyl (C=O) groups is 1. The van der Waals surface area contributed by atoms with Crippen molar-refractivity contribution in [2.45, 2.75) is 45.0 Å². The fraction of sp³-hybridized carbons (Fsp3) is 0.364. The zero-order valence-electron chi connectivity index (χ0n) is 16.9. The maximum Gasteiger partial charge on any atom is 0.417 e. The SMILES string of the molecule is CCCC(Oc1ccc(C#N)c(C(F)(F)F)c1)C(=O)N[C@H](C)c1ccc(OC)cc1. The third-order valence-electron chi connectivity index (χ3n) is 4.51. The molecule has 0 aliphatic rings. The van der Waals surface area contributed by atoms with E-state index in [1.165, 1.54) is 12.1 Å². The van der Waals surface area contributed by atoms with Gasteiger partial charge in [0.15, 0.2) is 6.10 Å². The number of hydrogen-bond donors (Lipinski definition) is 1. The Morgan fingerprint density at radius 2 is 1.80 bits per heavy atom. The summed E-state index contributed by atoms with van der Waals surface area (Å²) in [5.41, 5.74) is -0.749. The predicted octanol–water partition coefficient (Wildman–Crippen LogP) is 5.01. The molecule has 1 amide bonds. The molecule has 2 rings (SSSR count). The van der Waals surface area contributed by atoms with Crippen LogP contribution in [0, 0.1) is 11.3 Å². The lowest BCUT2D eigenvalue weighted by Gasteiger charge is -2.22. The molecule has 2 aromatic carbocycles. The molecular weight excluding hydrogens is 397 g/mol. The Morgan fingerprint density at radius 1 is 1.17 bits per heavy atom. The lowest BCUT2D eigenvalue weighted by Crippen LogP contribution is -2.39. The van der Waals surface area contributed by atoms with Crippen LogP contribution in [0.25, 0.3) is 0 Å². The van der Waals surface area contributed by atoms with Gasteiger partial charge in [-0.3, -0.25) is 4.79 Å². The summed E-state index contributed by atoms with van der Waals surface area (Å²) < 4.78 is 50.2. The number of rotatable bonds is 8. The number of methoxy groups -OCH3 is 1. The average Bonchev–Trinajstić information content (AvgIpc) is 2.72. The highest BCUT2D eigenvalue weighted by Crippen LogP contribution is 2.34. The number of alkyl halides is 3. The third-order valence-corrected chi connectivity index (χ3v) is 4.51. The molecule has 160 valence electrons. The molecule has 0 saturated heterocycles. The van der Waals surface area contributed by atoms with E-state index < -0.39 is 29.3 Å². The van der Waals surface area contributed by atoms with Crippen molar-refractivity contribution in [3.8, 4) is 17.6 Å². The van der Waals surface area contributed by atoms with E-state index >= 15 is 0 Å². The van der Waals surface area contributed by atoms with Crippen LogP contribution in [0.15, 0.2) is 42.5 Å². The number of ether oxygens (including phenoxy) is 2. The molecule has 30 heavy (non-hydrogen) atoms. The van der Waals surface area contributed by atoms with Gasteiger partial charge in [-0.05, 0) is 49.2 Å². The number of nitrogens with zero attached hydrogens (tertiary/aromatic N) is 1. The first-order valence-electron chi connectivity index (χ1n) is 9.42. The summed E-state index contributed by atoms with van der Waals surface area (Å²) in [7, 11) is 1.56. The molecule has 0 spiro atoms. The average molecular weight is 420 g/mol. The minimum atomic E-state index is -4.70. The third kappa shape index (κ3) is 5.89. The van der Waals surface area contributed by atoms with E-state index in [9.17, 15) is 18.0 Å². The van der Waals surface area contributed by atoms with Gasteiger partial charge in [0.05, 0.1) is 30.3 Å². The summed E-state index contributed by atoms with van der Waals surface area (Å²) in [5.74, 6) is 0.135. The summed E-state index contributed by atoms with van der Waals surface area (Å²) in [6.07, 6.45) is -4.75. The second-order valence-electron chi connectivity index (χ2n) is 6.72. The van der Waals surface area contributed by atoms with Crippen molar-refractivity contribution < 1.29 is 27.4 Å². The van der Waals surface area contributed by atoms with Crippen molar-refractivity contribution in [2.24, 2.45) is 0 Å². The van der Waals surface area contributed by atoms with Gasteiger partial charge in [-0.1, -0.05) is 25.5 Å². The van der Waals surface area contributed by atoms with E-state index in [2.05, 4.69) is 5.32 Å². The Kier molecular flexibility index (Phi) is 7.70. The van der Waals surface area contributed by atoms with Crippen molar-refractivity contribution in [3.63, 3.8) is 0 Å². The van der Waals surface area contributed by atoms with Crippen molar-refractivity contribution >= 4 is 5.91 Å². The number of halogens is 3. The predicted molar refractivity (Wildman–Crippen MR) is 105 cm³/mol. The van der Waals surface area contributed by atoms with Gasteiger partial charge >= 0.3 is 6.18 Å². The van der Waals surface area contributed by atoms with Gasteiger partial charge in [0, 0.05) is 0 Å². The quantitative estimate of drug-likeness (QED) is 0.652. The number of nitrogens with one attached hydrogen (secondary N) is 1. The van der Waals surface area contributed by atoms with Crippen molar-refractivity contribution in [2.75, 3.05) is 7.11 Å². The van der Waals surface area contributed by atoms with Crippen LogP contribution < -0.4 is 14.8 Å². The van der Waals surface area contributed by atoms with E-state index in [-0.39, 0.29) is 11.8 Å². The highest BCUT2D eigenvalue weighted by molar-refractivity contribution is 5.81. The van der Waals surface area contributed by atoms with Crippen molar-refractivity contribution in [1.82, 2.24) is 5.32 Å². The molecule has 8 heteroatoms. The molecule has 0 radical (unpaired) electrons. The normalized spacial score (nSPS) is 13.1. The molecule has 1 N–H and O–H groups in total. The maximum absolute atomic E-state index is 13.2. The van der Waals surface area contributed by atoms with Crippen molar-refractivity contribution in [3.05, 3.63) is 59.2 Å². The van der Waals surface area contributed by atoms with Crippen LogP contribution in [0.1, 0.15) is 49.4 Å².